The first-order valence-corrected chi connectivity index (χ1v) is 8.15. The number of nitrogens with one attached hydrogen (secondary N) is 1. The van der Waals surface area contributed by atoms with Crippen molar-refractivity contribution in [3.63, 3.8) is 0 Å². The van der Waals surface area contributed by atoms with Gasteiger partial charge in [-0.1, -0.05) is 30.3 Å². The Bertz CT molecular complexity index is 868. The molecule has 0 aliphatic rings. The normalized spacial score (nSPS) is 11.2. The van der Waals surface area contributed by atoms with Crippen LogP contribution in [0.2, 0.25) is 0 Å². The van der Waals surface area contributed by atoms with Gasteiger partial charge in [0.2, 0.25) is 0 Å². The number of hydrogen-bond donors (Lipinski definition) is 1. The maximum Gasteiger partial charge on any atom is 0.140 e. The average molecular weight is 296 g/mol. The molecule has 0 unspecified atom stereocenters. The van der Waals surface area contributed by atoms with Crippen LogP contribution < -0.4 is 0 Å². The smallest absolute Gasteiger partial charge is 0.140 e. The van der Waals surface area contributed by atoms with E-state index < -0.39 is 0 Å². The van der Waals surface area contributed by atoms with Crippen molar-refractivity contribution in [3.8, 4) is 22.6 Å². The number of H-pyrrole nitrogens is 1. The van der Waals surface area contributed by atoms with E-state index in [1.807, 2.05) is 24.4 Å². The Morgan fingerprint density at radius 2 is 1.80 bits per heavy atom. The molecule has 4 heteroatoms. The van der Waals surface area contributed by atoms with E-state index >= 15 is 0 Å². The lowest BCUT2D eigenvalue weighted by Gasteiger charge is -1.95. The van der Waals surface area contributed by atoms with Crippen molar-refractivity contribution < 1.29 is 0 Å². The first-order valence-electron chi connectivity index (χ1n) is 6.39. The van der Waals surface area contributed by atoms with Crippen LogP contribution in [0.15, 0.2) is 47.3 Å². The molecule has 0 radical (unpaired) electrons. The Labute approximate surface area is 124 Å². The van der Waals surface area contributed by atoms with Gasteiger partial charge in [0.05, 0.1) is 16.6 Å². The lowest BCUT2D eigenvalue weighted by Crippen LogP contribution is -1.78. The van der Waals surface area contributed by atoms with E-state index in [4.69, 9.17) is 0 Å². The van der Waals surface area contributed by atoms with Gasteiger partial charge in [0.25, 0.3) is 0 Å². The fraction of sp³-hybridized carbons (Fsp3) is 0.0625. The number of hydrogen-bond acceptors (Lipinski definition) is 3. The molecule has 0 atom stereocenters. The first-order chi connectivity index (χ1) is 9.83. The second-order valence-corrected chi connectivity index (χ2v) is 6.50. The summed E-state index contributed by atoms with van der Waals surface area (Å²) in [5, 5.41) is 4.41. The number of rotatable bonds is 2. The van der Waals surface area contributed by atoms with Gasteiger partial charge >= 0.3 is 0 Å². The van der Waals surface area contributed by atoms with Gasteiger partial charge in [0.1, 0.15) is 5.82 Å². The van der Waals surface area contributed by atoms with Crippen LogP contribution in [0.3, 0.4) is 0 Å². The zero-order valence-electron chi connectivity index (χ0n) is 10.9. The van der Waals surface area contributed by atoms with Gasteiger partial charge < -0.3 is 4.98 Å². The number of aromatic amines is 1. The highest BCUT2D eigenvalue weighted by molar-refractivity contribution is 7.27. The Balaban J connectivity index is 1.82. The number of thiophene rings is 2. The van der Waals surface area contributed by atoms with E-state index in [0.717, 1.165) is 11.5 Å². The minimum absolute atomic E-state index is 0.956. The molecular formula is C16H12N2S2. The Morgan fingerprint density at radius 1 is 1.00 bits per heavy atom. The highest BCUT2D eigenvalue weighted by Crippen LogP contribution is 2.39. The van der Waals surface area contributed by atoms with Crippen molar-refractivity contribution in [1.29, 1.82) is 0 Å². The van der Waals surface area contributed by atoms with Gasteiger partial charge in [-0.15, -0.1) is 22.7 Å². The summed E-state index contributed by atoms with van der Waals surface area (Å²) in [4.78, 5) is 7.99. The zero-order valence-corrected chi connectivity index (χ0v) is 12.5. The standard InChI is InChI=1S/C16H12N2S2/c1-10-8-19-15-12(9-20-14(10)15)16-17-7-13(18-16)11-5-3-2-4-6-11/h2-9H,1H3,(H,17,18). The molecule has 4 aromatic rings. The number of benzene rings is 1. The van der Waals surface area contributed by atoms with Crippen LogP contribution in [0.4, 0.5) is 0 Å². The van der Waals surface area contributed by atoms with Crippen molar-refractivity contribution >= 4 is 32.1 Å². The molecule has 0 spiro atoms. The molecular weight excluding hydrogens is 284 g/mol. The van der Waals surface area contributed by atoms with Gasteiger partial charge in [-0.2, -0.15) is 0 Å². The van der Waals surface area contributed by atoms with Gasteiger partial charge in [-0.3, -0.25) is 0 Å². The number of aromatic nitrogens is 2. The number of imidazole rings is 1. The van der Waals surface area contributed by atoms with E-state index in [1.54, 1.807) is 22.7 Å². The molecule has 0 saturated carbocycles. The SMILES string of the molecule is Cc1csc2c(-c3ncc(-c4ccccc4)[nH]3)csc12. The minimum Gasteiger partial charge on any atom is -0.338 e. The Kier molecular flexibility index (Phi) is 2.72. The average Bonchev–Trinajstić information content (AvgIpc) is 3.18. The lowest BCUT2D eigenvalue weighted by atomic mass is 10.2. The molecule has 0 aliphatic carbocycles. The Hall–Kier alpha value is -1.91. The summed E-state index contributed by atoms with van der Waals surface area (Å²) >= 11 is 3.60. The maximum absolute atomic E-state index is 4.55. The van der Waals surface area contributed by atoms with Crippen molar-refractivity contribution in [2.75, 3.05) is 0 Å². The van der Waals surface area contributed by atoms with Gasteiger partial charge in [0.15, 0.2) is 0 Å². The van der Waals surface area contributed by atoms with Crippen LogP contribution in [-0.2, 0) is 0 Å². The summed E-state index contributed by atoms with van der Waals surface area (Å²) in [6, 6.07) is 10.3. The monoisotopic (exact) mass is 296 g/mol. The minimum atomic E-state index is 0.956. The first kappa shape index (κ1) is 11.9. The van der Waals surface area contributed by atoms with Gasteiger partial charge in [-0.25, -0.2) is 4.98 Å². The number of aryl methyl sites for hydroxylation is 1. The Morgan fingerprint density at radius 3 is 2.65 bits per heavy atom. The van der Waals surface area contributed by atoms with Crippen molar-refractivity contribution in [2.45, 2.75) is 6.92 Å². The molecule has 1 aromatic carbocycles. The maximum atomic E-state index is 4.55. The summed E-state index contributed by atoms with van der Waals surface area (Å²) in [7, 11) is 0. The van der Waals surface area contributed by atoms with Crippen LogP contribution in [-0.4, -0.2) is 9.97 Å². The van der Waals surface area contributed by atoms with Crippen molar-refractivity contribution in [3.05, 3.63) is 52.9 Å². The second-order valence-electron chi connectivity index (χ2n) is 4.74. The fourth-order valence-corrected chi connectivity index (χ4v) is 4.65. The highest BCUT2D eigenvalue weighted by Gasteiger charge is 2.13. The molecule has 0 bridgehead atoms. The van der Waals surface area contributed by atoms with E-state index in [0.29, 0.717) is 0 Å². The summed E-state index contributed by atoms with van der Waals surface area (Å²) in [6.45, 7) is 2.16. The van der Waals surface area contributed by atoms with Crippen LogP contribution in [0.1, 0.15) is 5.56 Å². The molecule has 3 aromatic heterocycles. The third-order valence-corrected chi connectivity index (χ3v) is 5.75. The molecule has 20 heavy (non-hydrogen) atoms. The molecule has 3 heterocycles. The largest absolute Gasteiger partial charge is 0.338 e. The van der Waals surface area contributed by atoms with E-state index in [1.165, 1.54) is 26.1 Å². The molecule has 2 nitrogen and oxygen atoms in total. The molecule has 4 rings (SSSR count). The predicted molar refractivity (Wildman–Crippen MR) is 87.5 cm³/mol. The van der Waals surface area contributed by atoms with Crippen LogP contribution in [0.25, 0.3) is 32.0 Å². The van der Waals surface area contributed by atoms with E-state index in [-0.39, 0.29) is 0 Å². The van der Waals surface area contributed by atoms with Crippen molar-refractivity contribution in [2.24, 2.45) is 0 Å². The second kappa shape index (κ2) is 4.58. The van der Waals surface area contributed by atoms with Crippen LogP contribution >= 0.6 is 22.7 Å². The summed E-state index contributed by atoms with van der Waals surface area (Å²) in [6.07, 6.45) is 1.91. The zero-order chi connectivity index (χ0) is 13.5. The van der Waals surface area contributed by atoms with Crippen LogP contribution in [0.5, 0.6) is 0 Å². The molecule has 0 aliphatic heterocycles. The third kappa shape index (κ3) is 1.80. The van der Waals surface area contributed by atoms with Gasteiger partial charge in [0, 0.05) is 15.6 Å². The molecule has 0 fully saturated rings. The number of fused-ring (bicyclic) bond motifs is 1. The lowest BCUT2D eigenvalue weighted by molar-refractivity contribution is 1.32. The molecule has 0 saturated heterocycles. The molecule has 98 valence electrons. The summed E-state index contributed by atoms with van der Waals surface area (Å²) in [5.74, 6) is 0.956. The van der Waals surface area contributed by atoms with Crippen molar-refractivity contribution in [1.82, 2.24) is 9.97 Å². The fourth-order valence-electron chi connectivity index (χ4n) is 2.32. The number of nitrogens with zero attached hydrogens (tertiary/aromatic N) is 1. The highest BCUT2D eigenvalue weighted by atomic mass is 32.1. The third-order valence-electron chi connectivity index (χ3n) is 3.37. The predicted octanol–water partition coefficient (Wildman–Crippen LogP) is 5.33. The molecule has 0 amide bonds. The van der Waals surface area contributed by atoms with E-state index in [9.17, 15) is 0 Å². The summed E-state index contributed by atoms with van der Waals surface area (Å²) < 4.78 is 2.71. The summed E-state index contributed by atoms with van der Waals surface area (Å²) in [5.41, 5.74) is 4.80. The molecule has 1 N–H and O–H groups in total. The van der Waals surface area contributed by atoms with E-state index in [2.05, 4.69) is 39.8 Å². The van der Waals surface area contributed by atoms with Gasteiger partial charge in [-0.05, 0) is 23.4 Å². The topological polar surface area (TPSA) is 28.7 Å². The van der Waals surface area contributed by atoms with Crippen LogP contribution in [0, 0.1) is 6.92 Å². The quantitative estimate of drug-likeness (QED) is 0.532.